The lowest BCUT2D eigenvalue weighted by Gasteiger charge is -2.19. The maximum atomic E-state index is 10.1. The van der Waals surface area contributed by atoms with Crippen LogP contribution in [0.25, 0.3) is 10.9 Å². The van der Waals surface area contributed by atoms with Gasteiger partial charge in [0.2, 0.25) is 0 Å². The van der Waals surface area contributed by atoms with Gasteiger partial charge in [-0.1, -0.05) is 26.0 Å². The van der Waals surface area contributed by atoms with Crippen LogP contribution in [0.5, 0.6) is 5.75 Å². The van der Waals surface area contributed by atoms with Crippen LogP contribution >= 0.6 is 0 Å². The molecule has 0 bridgehead atoms. The quantitative estimate of drug-likeness (QED) is 0.674. The Labute approximate surface area is 142 Å². The van der Waals surface area contributed by atoms with Crippen molar-refractivity contribution in [3.05, 3.63) is 54.4 Å². The number of benzene rings is 2. The van der Waals surface area contributed by atoms with Crippen LogP contribution in [0.1, 0.15) is 19.4 Å². The minimum absolute atomic E-state index is 0.319. The molecule has 1 aromatic heterocycles. The molecule has 3 aromatic rings. The molecule has 3 rings (SSSR count). The number of aromatic hydroxyl groups is 1. The van der Waals surface area contributed by atoms with Gasteiger partial charge in [-0.3, -0.25) is 4.90 Å². The Balaban J connectivity index is 1.90. The van der Waals surface area contributed by atoms with Crippen LogP contribution in [0.2, 0.25) is 0 Å². The van der Waals surface area contributed by atoms with Crippen molar-refractivity contribution in [2.45, 2.75) is 20.4 Å². The number of hydrogen-bond acceptors (Lipinski definition) is 5. The fourth-order valence-corrected chi connectivity index (χ4v) is 2.72. The summed E-state index contributed by atoms with van der Waals surface area (Å²) in [6.45, 7) is 6.86. The molecule has 2 N–H and O–H groups in total. The molecule has 5 heteroatoms. The maximum absolute atomic E-state index is 10.1. The average molecular weight is 322 g/mol. The highest BCUT2D eigenvalue weighted by Crippen LogP contribution is 2.27. The number of para-hydroxylation sites is 1. The van der Waals surface area contributed by atoms with Gasteiger partial charge in [0.25, 0.3) is 0 Å². The molecular weight excluding hydrogens is 300 g/mol. The van der Waals surface area contributed by atoms with Gasteiger partial charge >= 0.3 is 0 Å². The standard InChI is InChI=1S/C19H22N4O/c1-3-23(4-2)12-14-11-15(9-10-18(14)24)22-19-16-7-5-6-8-17(16)20-13-21-19/h5-11,13,24H,3-4,12H2,1-2H3,(H,20,21,22). The van der Waals surface area contributed by atoms with Gasteiger partial charge < -0.3 is 10.4 Å². The van der Waals surface area contributed by atoms with Crippen molar-refractivity contribution in [1.82, 2.24) is 14.9 Å². The largest absolute Gasteiger partial charge is 0.508 e. The predicted octanol–water partition coefficient (Wildman–Crippen LogP) is 3.92. The van der Waals surface area contributed by atoms with E-state index in [1.165, 1.54) is 0 Å². The second-order valence-corrected chi connectivity index (χ2v) is 5.67. The third-order valence-electron chi connectivity index (χ3n) is 4.17. The molecule has 0 aliphatic rings. The van der Waals surface area contributed by atoms with Crippen molar-refractivity contribution in [2.24, 2.45) is 0 Å². The van der Waals surface area contributed by atoms with Gasteiger partial charge in [0.05, 0.1) is 5.52 Å². The maximum Gasteiger partial charge on any atom is 0.141 e. The van der Waals surface area contributed by atoms with Gasteiger partial charge in [-0.25, -0.2) is 9.97 Å². The molecule has 24 heavy (non-hydrogen) atoms. The van der Waals surface area contributed by atoms with E-state index < -0.39 is 0 Å². The predicted molar refractivity (Wildman–Crippen MR) is 97.6 cm³/mol. The Kier molecular flexibility index (Phi) is 4.91. The molecule has 0 aliphatic carbocycles. The van der Waals surface area contributed by atoms with Crippen LogP contribution in [0.4, 0.5) is 11.5 Å². The first-order valence-electron chi connectivity index (χ1n) is 8.22. The van der Waals surface area contributed by atoms with Gasteiger partial charge in [-0.05, 0) is 43.4 Å². The summed E-state index contributed by atoms with van der Waals surface area (Å²) in [4.78, 5) is 10.9. The summed E-state index contributed by atoms with van der Waals surface area (Å²) in [5.41, 5.74) is 2.71. The number of hydrogen-bond donors (Lipinski definition) is 2. The number of nitrogens with zero attached hydrogens (tertiary/aromatic N) is 3. The van der Waals surface area contributed by atoms with Crippen molar-refractivity contribution < 1.29 is 5.11 Å². The van der Waals surface area contributed by atoms with E-state index in [4.69, 9.17) is 0 Å². The van der Waals surface area contributed by atoms with E-state index in [1.54, 1.807) is 12.4 Å². The first-order chi connectivity index (χ1) is 11.7. The number of nitrogens with one attached hydrogen (secondary N) is 1. The van der Waals surface area contributed by atoms with Gasteiger partial charge in [0.15, 0.2) is 0 Å². The molecule has 0 atom stereocenters. The van der Waals surface area contributed by atoms with Crippen molar-refractivity contribution in [1.29, 1.82) is 0 Å². The Morgan fingerprint density at radius 2 is 1.83 bits per heavy atom. The van der Waals surface area contributed by atoms with Gasteiger partial charge in [-0.2, -0.15) is 0 Å². The normalized spacial score (nSPS) is 11.1. The molecule has 2 aromatic carbocycles. The SMILES string of the molecule is CCN(CC)Cc1cc(Nc2ncnc3ccccc23)ccc1O. The Morgan fingerprint density at radius 1 is 1.04 bits per heavy atom. The summed E-state index contributed by atoms with van der Waals surface area (Å²) in [6, 6.07) is 13.5. The van der Waals surface area contributed by atoms with Crippen LogP contribution < -0.4 is 5.32 Å². The summed E-state index contributed by atoms with van der Waals surface area (Å²) >= 11 is 0. The highest BCUT2D eigenvalue weighted by Gasteiger charge is 2.09. The Bertz CT molecular complexity index is 825. The van der Waals surface area contributed by atoms with Crippen LogP contribution in [0, 0.1) is 0 Å². The average Bonchev–Trinajstić information content (AvgIpc) is 2.62. The van der Waals surface area contributed by atoms with Crippen LogP contribution in [-0.2, 0) is 6.54 Å². The van der Waals surface area contributed by atoms with E-state index in [-0.39, 0.29) is 0 Å². The van der Waals surface area contributed by atoms with E-state index in [2.05, 4.69) is 34.0 Å². The molecule has 0 saturated carbocycles. The zero-order valence-electron chi connectivity index (χ0n) is 14.0. The van der Waals surface area contributed by atoms with Gasteiger partial charge in [-0.15, -0.1) is 0 Å². The minimum Gasteiger partial charge on any atom is -0.508 e. The van der Waals surface area contributed by atoms with E-state index in [0.29, 0.717) is 5.75 Å². The van der Waals surface area contributed by atoms with E-state index in [0.717, 1.165) is 47.6 Å². The molecule has 0 amide bonds. The van der Waals surface area contributed by atoms with E-state index in [1.807, 2.05) is 36.4 Å². The number of anilines is 2. The Morgan fingerprint density at radius 3 is 2.62 bits per heavy atom. The third-order valence-corrected chi connectivity index (χ3v) is 4.17. The van der Waals surface area contributed by atoms with Crippen molar-refractivity contribution in [3.63, 3.8) is 0 Å². The summed E-state index contributed by atoms with van der Waals surface area (Å²) in [6.07, 6.45) is 1.56. The molecule has 0 fully saturated rings. The summed E-state index contributed by atoms with van der Waals surface area (Å²) < 4.78 is 0. The molecule has 124 valence electrons. The number of aromatic nitrogens is 2. The molecule has 0 spiro atoms. The molecule has 0 unspecified atom stereocenters. The Hall–Kier alpha value is -2.66. The lowest BCUT2D eigenvalue weighted by molar-refractivity contribution is 0.291. The molecule has 1 heterocycles. The van der Waals surface area contributed by atoms with E-state index in [9.17, 15) is 5.11 Å². The first-order valence-corrected chi connectivity index (χ1v) is 8.22. The summed E-state index contributed by atoms with van der Waals surface area (Å²) in [5, 5.41) is 14.4. The molecule has 0 aliphatic heterocycles. The summed E-state index contributed by atoms with van der Waals surface area (Å²) in [7, 11) is 0. The van der Waals surface area contributed by atoms with Gasteiger partial charge in [0.1, 0.15) is 17.9 Å². The van der Waals surface area contributed by atoms with Crippen molar-refractivity contribution in [2.75, 3.05) is 18.4 Å². The molecule has 5 nitrogen and oxygen atoms in total. The highest BCUT2D eigenvalue weighted by molar-refractivity contribution is 5.90. The van der Waals surface area contributed by atoms with Crippen molar-refractivity contribution >= 4 is 22.4 Å². The molecule has 0 radical (unpaired) electrons. The number of rotatable bonds is 6. The lowest BCUT2D eigenvalue weighted by atomic mass is 10.1. The number of phenolic OH excluding ortho intramolecular Hbond substituents is 1. The van der Waals surface area contributed by atoms with Crippen molar-refractivity contribution in [3.8, 4) is 5.75 Å². The first kappa shape index (κ1) is 16.2. The lowest BCUT2D eigenvalue weighted by Crippen LogP contribution is -2.22. The fraction of sp³-hybridized carbons (Fsp3) is 0.263. The van der Waals surface area contributed by atoms with Crippen LogP contribution in [-0.4, -0.2) is 33.1 Å². The van der Waals surface area contributed by atoms with E-state index >= 15 is 0 Å². The van der Waals surface area contributed by atoms with Gasteiger partial charge in [0, 0.05) is 23.2 Å². The fourth-order valence-electron chi connectivity index (χ4n) is 2.72. The zero-order valence-corrected chi connectivity index (χ0v) is 14.0. The second kappa shape index (κ2) is 7.27. The van der Waals surface area contributed by atoms with Crippen LogP contribution in [0.15, 0.2) is 48.8 Å². The highest BCUT2D eigenvalue weighted by atomic mass is 16.3. The second-order valence-electron chi connectivity index (χ2n) is 5.67. The minimum atomic E-state index is 0.319. The molecule has 0 saturated heterocycles. The zero-order chi connectivity index (χ0) is 16.9. The molecular formula is C19H22N4O. The number of phenols is 1. The number of fused-ring (bicyclic) bond motifs is 1. The van der Waals surface area contributed by atoms with Crippen LogP contribution in [0.3, 0.4) is 0 Å². The third kappa shape index (κ3) is 3.46. The smallest absolute Gasteiger partial charge is 0.141 e. The monoisotopic (exact) mass is 322 g/mol. The summed E-state index contributed by atoms with van der Waals surface area (Å²) in [5.74, 6) is 1.08. The topological polar surface area (TPSA) is 61.3 Å².